The predicted molar refractivity (Wildman–Crippen MR) is 163 cm³/mol. The van der Waals surface area contributed by atoms with Crippen molar-refractivity contribution in [3.63, 3.8) is 0 Å². The van der Waals surface area contributed by atoms with Gasteiger partial charge in [-0.05, 0) is 31.7 Å². The van der Waals surface area contributed by atoms with Gasteiger partial charge in [0, 0.05) is 39.7 Å². The van der Waals surface area contributed by atoms with Crippen LogP contribution in [-0.4, -0.2) is 101 Å². The summed E-state index contributed by atoms with van der Waals surface area (Å²) in [7, 11) is 1.71. The molecule has 0 saturated carbocycles. The lowest BCUT2D eigenvalue weighted by atomic mass is 9.77. The van der Waals surface area contributed by atoms with Crippen molar-refractivity contribution in [3.05, 3.63) is 60.2 Å². The molecular formula is C34H45N3O7. The molecule has 5 rings (SSSR count). The van der Waals surface area contributed by atoms with Gasteiger partial charge in [-0.3, -0.25) is 19.2 Å². The van der Waals surface area contributed by atoms with Crippen molar-refractivity contribution >= 4 is 23.7 Å². The zero-order valence-corrected chi connectivity index (χ0v) is 26.0. The van der Waals surface area contributed by atoms with Crippen molar-refractivity contribution in [3.8, 4) is 0 Å². The van der Waals surface area contributed by atoms with Crippen LogP contribution in [0.3, 0.4) is 0 Å². The van der Waals surface area contributed by atoms with Crippen LogP contribution in [0, 0.1) is 11.8 Å². The standard InChI is InChI=1S/C34H45N3O7/c1-4-5-11-19-36-20-12-18-34-28(31(40)37(21-13-22-38)30(34)32(36)41)27-25(44-34)16-9-10-17-26(39)35(3)23(2)29(43-33(27)42)24-14-7-6-8-15-24/h6-9,12,14-16,18,23,25,27-30,38H,4-5,10-11,13,17,19-22H2,1-3H3/b16-9-/t23-,25-,27+,28+,29+,30-,34+/m0/s1. The van der Waals surface area contributed by atoms with Crippen LogP contribution in [-0.2, 0) is 28.7 Å². The van der Waals surface area contributed by atoms with Crippen molar-refractivity contribution in [1.82, 2.24) is 14.7 Å². The van der Waals surface area contributed by atoms with Crippen LogP contribution in [0.5, 0.6) is 0 Å². The molecule has 1 aromatic rings. The van der Waals surface area contributed by atoms with E-state index in [1.54, 1.807) is 22.9 Å². The summed E-state index contributed by atoms with van der Waals surface area (Å²) in [6.07, 6.45) is 9.49. The summed E-state index contributed by atoms with van der Waals surface area (Å²) in [5.74, 6) is -3.24. The number of unbranched alkanes of at least 4 members (excludes halogenated alkanes) is 2. The van der Waals surface area contributed by atoms with E-state index >= 15 is 0 Å². The van der Waals surface area contributed by atoms with Crippen molar-refractivity contribution in [1.29, 1.82) is 0 Å². The number of aliphatic hydroxyl groups is 1. The van der Waals surface area contributed by atoms with Crippen molar-refractivity contribution in [2.24, 2.45) is 11.8 Å². The van der Waals surface area contributed by atoms with E-state index in [4.69, 9.17) is 9.47 Å². The second-order valence-electron chi connectivity index (χ2n) is 12.3. The first-order valence-corrected chi connectivity index (χ1v) is 16.0. The number of likely N-dealkylation sites (N-methyl/N-ethyl adjacent to an activating group) is 1. The average molecular weight is 608 g/mol. The van der Waals surface area contributed by atoms with Gasteiger partial charge in [0.25, 0.3) is 0 Å². The number of hydrogen-bond donors (Lipinski definition) is 1. The number of benzene rings is 1. The highest BCUT2D eigenvalue weighted by atomic mass is 16.6. The minimum atomic E-state index is -1.37. The number of amides is 3. The molecule has 44 heavy (non-hydrogen) atoms. The zero-order valence-electron chi connectivity index (χ0n) is 26.0. The van der Waals surface area contributed by atoms with E-state index in [0.29, 0.717) is 25.9 Å². The predicted octanol–water partition coefficient (Wildman–Crippen LogP) is 3.02. The summed E-state index contributed by atoms with van der Waals surface area (Å²) < 4.78 is 13.0. The molecule has 10 heteroatoms. The van der Waals surface area contributed by atoms with E-state index in [0.717, 1.165) is 24.8 Å². The molecule has 0 radical (unpaired) electrons. The highest BCUT2D eigenvalue weighted by Gasteiger charge is 2.71. The number of allylic oxidation sites excluding steroid dienone is 1. The minimum Gasteiger partial charge on any atom is -0.455 e. The number of hydrogen-bond acceptors (Lipinski definition) is 7. The lowest BCUT2D eigenvalue weighted by Gasteiger charge is -2.35. The topological polar surface area (TPSA) is 117 Å². The van der Waals surface area contributed by atoms with Crippen LogP contribution in [0.15, 0.2) is 54.6 Å². The Kier molecular flexibility index (Phi) is 9.90. The summed E-state index contributed by atoms with van der Waals surface area (Å²) in [5, 5.41) is 9.64. The van der Waals surface area contributed by atoms with Crippen molar-refractivity contribution in [2.45, 2.75) is 82.3 Å². The van der Waals surface area contributed by atoms with Gasteiger partial charge in [0.2, 0.25) is 17.7 Å². The molecule has 1 N–H and O–H groups in total. The van der Waals surface area contributed by atoms with Crippen LogP contribution in [0.4, 0.5) is 0 Å². The molecule has 0 aromatic heterocycles. The van der Waals surface area contributed by atoms with Crippen molar-refractivity contribution in [2.75, 3.05) is 33.3 Å². The third-order valence-corrected chi connectivity index (χ3v) is 9.60. The Bertz CT molecular complexity index is 1280. The molecule has 238 valence electrons. The Labute approximate surface area is 259 Å². The first kappa shape index (κ1) is 31.9. The van der Waals surface area contributed by atoms with E-state index in [9.17, 15) is 24.3 Å². The third-order valence-electron chi connectivity index (χ3n) is 9.60. The Morgan fingerprint density at radius 1 is 1.00 bits per heavy atom. The molecule has 2 saturated heterocycles. The molecule has 10 nitrogen and oxygen atoms in total. The zero-order chi connectivity index (χ0) is 31.4. The van der Waals surface area contributed by atoms with Gasteiger partial charge in [0.1, 0.15) is 23.7 Å². The number of carbonyl (C=O) groups is 4. The summed E-state index contributed by atoms with van der Waals surface area (Å²) >= 11 is 0. The number of cyclic esters (lactones) is 1. The fourth-order valence-corrected chi connectivity index (χ4v) is 7.17. The summed E-state index contributed by atoms with van der Waals surface area (Å²) in [4.78, 5) is 60.8. The van der Waals surface area contributed by atoms with Crippen LogP contribution >= 0.6 is 0 Å². The molecule has 3 amide bonds. The monoisotopic (exact) mass is 607 g/mol. The molecule has 0 aliphatic carbocycles. The Morgan fingerprint density at radius 2 is 1.77 bits per heavy atom. The van der Waals surface area contributed by atoms with E-state index in [-0.39, 0.29) is 37.3 Å². The summed E-state index contributed by atoms with van der Waals surface area (Å²) in [5.41, 5.74) is -0.638. The Hall–Kier alpha value is -3.50. The van der Waals surface area contributed by atoms with E-state index in [1.807, 2.05) is 55.5 Å². The maximum Gasteiger partial charge on any atom is 0.313 e. The SMILES string of the molecule is CCCCCN1CC=C[C@@]23O[C@H]4/C=C\CCC(=O)N(C)[C@@H](C)[C@H](c5ccccc5)OC(=O)[C@H]4[C@@H]2C(=O)N(CCCO)[C@H]3C1=O. The van der Waals surface area contributed by atoms with E-state index in [1.165, 1.54) is 4.90 Å². The Balaban J connectivity index is 1.57. The van der Waals surface area contributed by atoms with Gasteiger partial charge in [0.05, 0.1) is 18.1 Å². The number of aliphatic hydroxyl groups excluding tert-OH is 1. The fraction of sp³-hybridized carbons (Fsp3) is 0.588. The number of carbonyl (C=O) groups excluding carboxylic acids is 4. The van der Waals surface area contributed by atoms with E-state index in [2.05, 4.69) is 6.92 Å². The maximum atomic E-state index is 14.3. The first-order chi connectivity index (χ1) is 21.2. The van der Waals surface area contributed by atoms with Crippen LogP contribution in [0.2, 0.25) is 0 Å². The summed E-state index contributed by atoms with van der Waals surface area (Å²) in [6.45, 7) is 4.93. The lowest BCUT2D eigenvalue weighted by molar-refractivity contribution is -0.164. The Morgan fingerprint density at radius 3 is 2.50 bits per heavy atom. The number of esters is 1. The lowest BCUT2D eigenvalue weighted by Crippen LogP contribution is -2.55. The molecule has 0 unspecified atom stereocenters. The van der Waals surface area contributed by atoms with Gasteiger partial charge in [-0.1, -0.05) is 74.4 Å². The van der Waals surface area contributed by atoms with E-state index < -0.39 is 47.7 Å². The largest absolute Gasteiger partial charge is 0.455 e. The molecule has 1 spiro atoms. The van der Waals surface area contributed by atoms with Crippen molar-refractivity contribution < 1.29 is 33.8 Å². The average Bonchev–Trinajstić information content (AvgIpc) is 3.41. The number of fused-ring (bicyclic) bond motifs is 2. The number of likely N-dealkylation sites (tertiary alicyclic amines) is 1. The van der Waals surface area contributed by atoms with Gasteiger partial charge in [-0.2, -0.15) is 0 Å². The number of rotatable bonds is 8. The molecular weight excluding hydrogens is 562 g/mol. The highest BCUT2D eigenvalue weighted by molar-refractivity contribution is 5.99. The van der Waals surface area contributed by atoms with Gasteiger partial charge in [0.15, 0.2) is 0 Å². The molecule has 4 heterocycles. The third kappa shape index (κ3) is 5.81. The van der Waals surface area contributed by atoms with Gasteiger partial charge in [-0.15, -0.1) is 0 Å². The molecule has 4 aliphatic heterocycles. The van der Waals surface area contributed by atoms with Crippen LogP contribution < -0.4 is 0 Å². The molecule has 4 aliphatic rings. The second kappa shape index (κ2) is 13.6. The summed E-state index contributed by atoms with van der Waals surface area (Å²) in [6, 6.07) is 7.85. The number of nitrogens with zero attached hydrogens (tertiary/aromatic N) is 3. The molecule has 1 aromatic carbocycles. The highest BCUT2D eigenvalue weighted by Crippen LogP contribution is 2.53. The van der Waals surface area contributed by atoms with Gasteiger partial charge < -0.3 is 29.3 Å². The fourth-order valence-electron chi connectivity index (χ4n) is 7.17. The van der Waals surface area contributed by atoms with Gasteiger partial charge >= 0.3 is 5.97 Å². The van der Waals surface area contributed by atoms with Crippen LogP contribution in [0.25, 0.3) is 0 Å². The van der Waals surface area contributed by atoms with Gasteiger partial charge in [-0.25, -0.2) is 0 Å². The normalized spacial score (nSPS) is 33.2. The maximum absolute atomic E-state index is 14.3. The molecule has 7 atom stereocenters. The quantitative estimate of drug-likeness (QED) is 0.274. The molecule has 2 fully saturated rings. The van der Waals surface area contributed by atoms with Crippen LogP contribution in [0.1, 0.15) is 64.0 Å². The second-order valence-corrected chi connectivity index (χ2v) is 12.3. The number of ether oxygens (including phenoxy) is 2. The molecule has 0 bridgehead atoms. The smallest absolute Gasteiger partial charge is 0.313 e. The minimum absolute atomic E-state index is 0.0747. The first-order valence-electron chi connectivity index (χ1n) is 16.0.